The van der Waals surface area contributed by atoms with Gasteiger partial charge in [-0.15, -0.1) is 0 Å². The quantitative estimate of drug-likeness (QED) is 0.522. The molecule has 0 aliphatic carbocycles. The number of hydrogen-bond donors (Lipinski definition) is 0. The Bertz CT molecular complexity index is 1160. The molecule has 3 aromatic carbocycles. The first-order valence-electron chi connectivity index (χ1n) is 9.76. The summed E-state index contributed by atoms with van der Waals surface area (Å²) < 4.78 is 30.7. The third kappa shape index (κ3) is 4.84. The second-order valence-corrected chi connectivity index (χ2v) is 10.6. The van der Waals surface area contributed by atoms with Gasteiger partial charge in [0.1, 0.15) is 5.75 Å². The number of halogens is 1. The first-order chi connectivity index (χ1) is 14.4. The van der Waals surface area contributed by atoms with E-state index in [0.29, 0.717) is 18.7 Å². The summed E-state index contributed by atoms with van der Waals surface area (Å²) >= 11 is 3.37. The van der Waals surface area contributed by atoms with E-state index in [1.807, 2.05) is 54.6 Å². The van der Waals surface area contributed by atoms with E-state index in [-0.39, 0.29) is 30.1 Å². The third-order valence-electron chi connectivity index (χ3n) is 5.37. The predicted molar refractivity (Wildman–Crippen MR) is 121 cm³/mol. The minimum atomic E-state index is -3.12. The molecule has 3 aromatic rings. The van der Waals surface area contributed by atoms with Crippen molar-refractivity contribution in [3.05, 3.63) is 76.8 Å². The topological polar surface area (TPSA) is 63.7 Å². The Hall–Kier alpha value is -2.38. The van der Waals surface area contributed by atoms with Crippen molar-refractivity contribution in [3.63, 3.8) is 0 Å². The smallest absolute Gasteiger partial charge is 0.261 e. The molecule has 1 aliphatic rings. The average Bonchev–Trinajstić information content (AvgIpc) is 3.10. The highest BCUT2D eigenvalue weighted by Crippen LogP contribution is 2.25. The van der Waals surface area contributed by atoms with Crippen molar-refractivity contribution < 1.29 is 17.9 Å². The van der Waals surface area contributed by atoms with Gasteiger partial charge >= 0.3 is 0 Å². The summed E-state index contributed by atoms with van der Waals surface area (Å²) in [6.45, 7) is 0.215. The Labute approximate surface area is 184 Å². The maximum atomic E-state index is 13.1. The zero-order chi connectivity index (χ0) is 21.1. The summed E-state index contributed by atoms with van der Waals surface area (Å²) in [5.41, 5.74) is 0.995. The van der Waals surface area contributed by atoms with Gasteiger partial charge in [-0.3, -0.25) is 4.79 Å². The van der Waals surface area contributed by atoms with E-state index < -0.39 is 9.84 Å². The molecule has 0 spiro atoms. The van der Waals surface area contributed by atoms with Crippen LogP contribution in [0.1, 0.15) is 12.0 Å². The van der Waals surface area contributed by atoms with E-state index in [2.05, 4.69) is 15.9 Å². The second kappa shape index (κ2) is 8.78. The summed E-state index contributed by atoms with van der Waals surface area (Å²) in [5, 5.41) is 2.15. The number of carbonyl (C=O) groups excluding carboxylic acids is 1. The van der Waals surface area contributed by atoms with E-state index in [1.165, 1.54) is 0 Å². The minimum Gasteiger partial charge on any atom is -0.484 e. The lowest BCUT2D eigenvalue weighted by Gasteiger charge is -2.29. The van der Waals surface area contributed by atoms with Crippen LogP contribution in [0.25, 0.3) is 10.8 Å². The zero-order valence-electron chi connectivity index (χ0n) is 16.3. The number of ether oxygens (including phenoxy) is 1. The Morgan fingerprint density at radius 1 is 1.03 bits per heavy atom. The van der Waals surface area contributed by atoms with Gasteiger partial charge in [-0.2, -0.15) is 0 Å². The zero-order valence-corrected chi connectivity index (χ0v) is 18.7. The van der Waals surface area contributed by atoms with Crippen LogP contribution in [0.2, 0.25) is 0 Å². The predicted octanol–water partition coefficient (Wildman–Crippen LogP) is 4.20. The van der Waals surface area contributed by atoms with E-state index in [9.17, 15) is 13.2 Å². The lowest BCUT2D eigenvalue weighted by molar-refractivity contribution is -0.135. The van der Waals surface area contributed by atoms with Gasteiger partial charge in [0.05, 0.1) is 11.5 Å². The molecule has 1 saturated heterocycles. The summed E-state index contributed by atoms with van der Waals surface area (Å²) in [4.78, 5) is 14.8. The molecule has 1 aliphatic heterocycles. The van der Waals surface area contributed by atoms with Crippen molar-refractivity contribution >= 4 is 42.4 Å². The summed E-state index contributed by atoms with van der Waals surface area (Å²) in [6, 6.07) is 20.9. The van der Waals surface area contributed by atoms with Crippen LogP contribution in [0.3, 0.4) is 0 Å². The van der Waals surface area contributed by atoms with Gasteiger partial charge in [-0.05, 0) is 47.0 Å². The van der Waals surface area contributed by atoms with E-state index in [4.69, 9.17) is 4.74 Å². The van der Waals surface area contributed by atoms with E-state index in [0.717, 1.165) is 20.8 Å². The van der Waals surface area contributed by atoms with Gasteiger partial charge in [-0.25, -0.2) is 8.42 Å². The van der Waals surface area contributed by atoms with Crippen LogP contribution in [0, 0.1) is 0 Å². The summed E-state index contributed by atoms with van der Waals surface area (Å²) in [5.74, 6) is 0.496. The first kappa shape index (κ1) is 20.9. The largest absolute Gasteiger partial charge is 0.484 e. The molecule has 0 saturated carbocycles. The molecular formula is C23H22BrNO4S. The molecular weight excluding hydrogens is 466 g/mol. The standard InChI is InChI=1S/C23H22BrNO4S/c24-19-8-10-21(11-9-19)29-15-23(26)25(20-12-13-30(27,28)16-20)14-18-6-3-5-17-4-1-2-7-22(17)18/h1-11,20H,12-16H2/t20-/m0/s1. The Kier molecular flexibility index (Phi) is 6.11. The van der Waals surface area contributed by atoms with Crippen molar-refractivity contribution in [2.24, 2.45) is 0 Å². The number of nitrogens with zero attached hydrogens (tertiary/aromatic N) is 1. The number of carbonyl (C=O) groups is 1. The van der Waals surface area contributed by atoms with Crippen LogP contribution in [0.15, 0.2) is 71.2 Å². The normalized spacial score (nSPS) is 17.7. The van der Waals surface area contributed by atoms with E-state index >= 15 is 0 Å². The lowest BCUT2D eigenvalue weighted by atomic mass is 10.0. The minimum absolute atomic E-state index is 0.00178. The van der Waals surface area contributed by atoms with Crippen molar-refractivity contribution in [1.82, 2.24) is 4.90 Å². The van der Waals surface area contributed by atoms with Gasteiger partial charge in [0, 0.05) is 17.1 Å². The third-order valence-corrected chi connectivity index (χ3v) is 7.65. The maximum absolute atomic E-state index is 13.1. The average molecular weight is 488 g/mol. The van der Waals surface area contributed by atoms with Crippen LogP contribution in [-0.2, 0) is 21.2 Å². The highest BCUT2D eigenvalue weighted by atomic mass is 79.9. The SMILES string of the molecule is O=C(COc1ccc(Br)cc1)N(Cc1cccc2ccccc12)[C@H]1CCS(=O)(=O)C1. The molecule has 1 atom stereocenters. The van der Waals surface area contributed by atoms with Crippen LogP contribution in [0.5, 0.6) is 5.75 Å². The summed E-state index contributed by atoms with van der Waals surface area (Å²) in [7, 11) is -3.12. The van der Waals surface area contributed by atoms with Crippen LogP contribution in [0.4, 0.5) is 0 Å². The number of benzene rings is 3. The number of rotatable bonds is 6. The molecule has 1 amide bonds. The molecule has 0 N–H and O–H groups in total. The molecule has 30 heavy (non-hydrogen) atoms. The second-order valence-electron chi connectivity index (χ2n) is 7.46. The Morgan fingerprint density at radius 3 is 2.50 bits per heavy atom. The molecule has 5 nitrogen and oxygen atoms in total. The molecule has 0 aromatic heterocycles. The van der Waals surface area contributed by atoms with Crippen LogP contribution < -0.4 is 4.74 Å². The van der Waals surface area contributed by atoms with Crippen molar-refractivity contribution in [2.45, 2.75) is 19.0 Å². The van der Waals surface area contributed by atoms with Gasteiger partial charge in [-0.1, -0.05) is 58.4 Å². The van der Waals surface area contributed by atoms with Crippen LogP contribution >= 0.6 is 15.9 Å². The van der Waals surface area contributed by atoms with E-state index in [1.54, 1.807) is 17.0 Å². The molecule has 1 heterocycles. The number of hydrogen-bond acceptors (Lipinski definition) is 4. The van der Waals surface area contributed by atoms with Gasteiger partial charge in [0.2, 0.25) is 0 Å². The van der Waals surface area contributed by atoms with Gasteiger partial charge in [0.25, 0.3) is 5.91 Å². The molecule has 0 unspecified atom stereocenters. The number of fused-ring (bicyclic) bond motifs is 1. The summed E-state index contributed by atoms with van der Waals surface area (Å²) in [6.07, 6.45) is 0.455. The van der Waals surface area contributed by atoms with Gasteiger partial charge < -0.3 is 9.64 Å². The van der Waals surface area contributed by atoms with Crippen molar-refractivity contribution in [2.75, 3.05) is 18.1 Å². The van der Waals surface area contributed by atoms with Crippen molar-refractivity contribution in [1.29, 1.82) is 0 Å². The Morgan fingerprint density at radius 2 is 1.77 bits per heavy atom. The molecule has 4 rings (SSSR count). The maximum Gasteiger partial charge on any atom is 0.261 e. The number of sulfone groups is 1. The molecule has 156 valence electrons. The fraction of sp³-hybridized carbons (Fsp3) is 0.261. The highest BCUT2D eigenvalue weighted by Gasteiger charge is 2.35. The van der Waals surface area contributed by atoms with Crippen molar-refractivity contribution in [3.8, 4) is 5.75 Å². The Balaban J connectivity index is 1.57. The van der Waals surface area contributed by atoms with Gasteiger partial charge in [0.15, 0.2) is 16.4 Å². The molecule has 0 radical (unpaired) electrons. The fourth-order valence-electron chi connectivity index (χ4n) is 3.81. The molecule has 0 bridgehead atoms. The monoisotopic (exact) mass is 487 g/mol. The number of amides is 1. The molecule has 7 heteroatoms. The first-order valence-corrected chi connectivity index (χ1v) is 12.4. The lowest BCUT2D eigenvalue weighted by Crippen LogP contribution is -2.43. The molecule has 1 fully saturated rings. The highest BCUT2D eigenvalue weighted by molar-refractivity contribution is 9.10. The van der Waals surface area contributed by atoms with Crippen LogP contribution in [-0.4, -0.2) is 43.4 Å². The fourth-order valence-corrected chi connectivity index (χ4v) is 5.81.